The zero-order valence-electron chi connectivity index (χ0n) is 11.0. The molecule has 0 fully saturated rings. The van der Waals surface area contributed by atoms with Crippen molar-refractivity contribution in [1.82, 2.24) is 15.1 Å². The van der Waals surface area contributed by atoms with Gasteiger partial charge in [-0.2, -0.15) is 16.9 Å². The molecule has 0 saturated heterocycles. The first-order valence-corrected chi connectivity index (χ1v) is 8.00. The third kappa shape index (κ3) is 4.30. The van der Waals surface area contributed by atoms with Crippen molar-refractivity contribution in [2.75, 3.05) is 12.3 Å². The maximum atomic E-state index is 4.39. The predicted molar refractivity (Wildman–Crippen MR) is 79.6 cm³/mol. The van der Waals surface area contributed by atoms with Crippen molar-refractivity contribution >= 4 is 27.7 Å². The molecule has 0 aliphatic carbocycles. The van der Waals surface area contributed by atoms with Gasteiger partial charge in [-0.05, 0) is 34.6 Å². The molecule has 0 amide bonds. The lowest BCUT2D eigenvalue weighted by molar-refractivity contribution is 0.525. The maximum absolute atomic E-state index is 4.39. The Balaban J connectivity index is 2.84. The van der Waals surface area contributed by atoms with Crippen LogP contribution in [0.15, 0.2) is 10.7 Å². The summed E-state index contributed by atoms with van der Waals surface area (Å²) in [7, 11) is 0. The fraction of sp³-hybridized carbons (Fsp3) is 0.750. The Kier molecular flexibility index (Phi) is 6.59. The summed E-state index contributed by atoms with van der Waals surface area (Å²) in [5.41, 5.74) is 1.27. The number of hydrogen-bond donors (Lipinski definition) is 1. The summed E-state index contributed by atoms with van der Waals surface area (Å²) in [5.74, 6) is 1.08. The summed E-state index contributed by atoms with van der Waals surface area (Å²) in [4.78, 5) is 0. The molecule has 5 heteroatoms. The van der Waals surface area contributed by atoms with E-state index in [0.29, 0.717) is 11.3 Å². The van der Waals surface area contributed by atoms with E-state index in [9.17, 15) is 0 Å². The van der Waals surface area contributed by atoms with Crippen LogP contribution in [0, 0.1) is 0 Å². The van der Waals surface area contributed by atoms with E-state index < -0.39 is 0 Å². The van der Waals surface area contributed by atoms with Gasteiger partial charge < -0.3 is 5.32 Å². The topological polar surface area (TPSA) is 29.9 Å². The molecule has 98 valence electrons. The van der Waals surface area contributed by atoms with E-state index in [-0.39, 0.29) is 0 Å². The number of rotatable bonds is 7. The second-order valence-corrected chi connectivity index (χ2v) is 6.65. The van der Waals surface area contributed by atoms with E-state index in [1.165, 1.54) is 5.69 Å². The van der Waals surface area contributed by atoms with Crippen LogP contribution in [0.3, 0.4) is 0 Å². The molecule has 1 rings (SSSR count). The van der Waals surface area contributed by atoms with Crippen LogP contribution in [0.1, 0.15) is 39.4 Å². The summed E-state index contributed by atoms with van der Waals surface area (Å²) in [6.07, 6.45) is 1.89. The number of thioether (sulfide) groups is 1. The lowest BCUT2D eigenvalue weighted by Gasteiger charge is -2.20. The third-order valence-electron chi connectivity index (χ3n) is 2.51. The van der Waals surface area contributed by atoms with Gasteiger partial charge in [0.05, 0.1) is 22.4 Å². The molecule has 0 radical (unpaired) electrons. The molecule has 0 aromatic carbocycles. The standard InChI is InChI=1S/C12H22BrN3S/c1-5-14-11(8-17-9(3)4)12-10(13)7-15-16(12)6-2/h7,9,11,14H,5-6,8H2,1-4H3. The lowest BCUT2D eigenvalue weighted by atomic mass is 10.2. The van der Waals surface area contributed by atoms with Gasteiger partial charge in [0.2, 0.25) is 0 Å². The molecule has 0 aliphatic rings. The van der Waals surface area contributed by atoms with Crippen LogP contribution in [0.2, 0.25) is 0 Å². The highest BCUT2D eigenvalue weighted by Crippen LogP contribution is 2.27. The van der Waals surface area contributed by atoms with Crippen LogP contribution >= 0.6 is 27.7 Å². The minimum atomic E-state index is 0.365. The van der Waals surface area contributed by atoms with Crippen molar-refractivity contribution in [3.05, 3.63) is 16.4 Å². The predicted octanol–water partition coefficient (Wildman–Crippen LogP) is 3.46. The zero-order valence-corrected chi connectivity index (χ0v) is 13.4. The molecule has 1 aromatic rings. The second-order valence-electron chi connectivity index (χ2n) is 4.19. The van der Waals surface area contributed by atoms with Crippen LogP contribution in [0.5, 0.6) is 0 Å². The fourth-order valence-electron chi connectivity index (χ4n) is 1.74. The van der Waals surface area contributed by atoms with Crippen molar-refractivity contribution in [1.29, 1.82) is 0 Å². The van der Waals surface area contributed by atoms with Gasteiger partial charge in [-0.1, -0.05) is 20.8 Å². The highest BCUT2D eigenvalue weighted by atomic mass is 79.9. The van der Waals surface area contributed by atoms with Crippen LogP contribution < -0.4 is 5.32 Å². The first kappa shape index (κ1) is 15.1. The molecule has 0 bridgehead atoms. The number of aryl methyl sites for hydroxylation is 1. The van der Waals surface area contributed by atoms with Gasteiger partial charge in [0.1, 0.15) is 0 Å². The van der Waals surface area contributed by atoms with Crippen molar-refractivity contribution in [3.8, 4) is 0 Å². The average molecular weight is 320 g/mol. The molecule has 1 unspecified atom stereocenters. The molecule has 1 aromatic heterocycles. The van der Waals surface area contributed by atoms with E-state index >= 15 is 0 Å². The Labute approximate surface area is 117 Å². The number of nitrogens with one attached hydrogen (secondary N) is 1. The highest BCUT2D eigenvalue weighted by Gasteiger charge is 2.19. The summed E-state index contributed by atoms with van der Waals surface area (Å²) >= 11 is 5.58. The van der Waals surface area contributed by atoms with Crippen molar-refractivity contribution in [2.45, 2.75) is 45.5 Å². The first-order chi connectivity index (χ1) is 8.10. The zero-order chi connectivity index (χ0) is 12.8. The van der Waals surface area contributed by atoms with Crippen molar-refractivity contribution < 1.29 is 0 Å². The monoisotopic (exact) mass is 319 g/mol. The van der Waals surface area contributed by atoms with Gasteiger partial charge in [0, 0.05) is 12.3 Å². The normalized spacial score (nSPS) is 13.3. The number of hydrogen-bond acceptors (Lipinski definition) is 3. The van der Waals surface area contributed by atoms with E-state index in [1.807, 2.05) is 18.0 Å². The van der Waals surface area contributed by atoms with Crippen molar-refractivity contribution in [2.24, 2.45) is 0 Å². The number of halogens is 1. The molecular formula is C12H22BrN3S. The molecule has 1 N–H and O–H groups in total. The summed E-state index contributed by atoms with van der Waals surface area (Å²) in [6.45, 7) is 10.6. The maximum Gasteiger partial charge on any atom is 0.0703 e. The first-order valence-electron chi connectivity index (χ1n) is 6.16. The Morgan fingerprint density at radius 2 is 2.18 bits per heavy atom. The van der Waals surface area contributed by atoms with E-state index in [2.05, 4.69) is 58.7 Å². The highest BCUT2D eigenvalue weighted by molar-refractivity contribution is 9.10. The Morgan fingerprint density at radius 1 is 1.47 bits per heavy atom. The smallest absolute Gasteiger partial charge is 0.0703 e. The van der Waals surface area contributed by atoms with Gasteiger partial charge in [-0.25, -0.2) is 0 Å². The summed E-state index contributed by atoms with van der Waals surface area (Å²) < 4.78 is 3.17. The van der Waals surface area contributed by atoms with Gasteiger partial charge >= 0.3 is 0 Å². The number of aromatic nitrogens is 2. The average Bonchev–Trinajstić information content (AvgIpc) is 2.65. The van der Waals surface area contributed by atoms with Crippen molar-refractivity contribution in [3.63, 3.8) is 0 Å². The Bertz CT molecular complexity index is 338. The summed E-state index contributed by atoms with van der Waals surface area (Å²) in [5, 5.41) is 8.59. The van der Waals surface area contributed by atoms with Gasteiger partial charge in [-0.3, -0.25) is 4.68 Å². The van der Waals surface area contributed by atoms with Crippen LogP contribution in [0.4, 0.5) is 0 Å². The third-order valence-corrected chi connectivity index (χ3v) is 4.31. The fourth-order valence-corrected chi connectivity index (χ4v) is 3.17. The molecule has 0 aliphatic heterocycles. The molecule has 1 heterocycles. The summed E-state index contributed by atoms with van der Waals surface area (Å²) in [6, 6.07) is 0.365. The molecule has 17 heavy (non-hydrogen) atoms. The van der Waals surface area contributed by atoms with E-state index in [4.69, 9.17) is 0 Å². The molecular weight excluding hydrogens is 298 g/mol. The number of nitrogens with zero attached hydrogens (tertiary/aromatic N) is 2. The molecule has 1 atom stereocenters. The lowest BCUT2D eigenvalue weighted by Crippen LogP contribution is -2.26. The minimum Gasteiger partial charge on any atom is -0.308 e. The van der Waals surface area contributed by atoms with Gasteiger partial charge in [0.15, 0.2) is 0 Å². The van der Waals surface area contributed by atoms with E-state index in [1.54, 1.807) is 0 Å². The quantitative estimate of drug-likeness (QED) is 0.834. The minimum absolute atomic E-state index is 0.365. The Morgan fingerprint density at radius 3 is 2.71 bits per heavy atom. The SMILES string of the molecule is CCNC(CSC(C)C)c1c(Br)cnn1CC. The second kappa shape index (κ2) is 7.44. The molecule has 0 spiro atoms. The van der Waals surface area contributed by atoms with Crippen LogP contribution in [0.25, 0.3) is 0 Å². The van der Waals surface area contributed by atoms with E-state index in [0.717, 1.165) is 23.3 Å². The largest absolute Gasteiger partial charge is 0.308 e. The molecule has 3 nitrogen and oxygen atoms in total. The van der Waals surface area contributed by atoms with Crippen LogP contribution in [-0.4, -0.2) is 27.3 Å². The van der Waals surface area contributed by atoms with Crippen LogP contribution in [-0.2, 0) is 6.54 Å². The molecule has 0 saturated carbocycles. The van der Waals surface area contributed by atoms with Gasteiger partial charge in [0.25, 0.3) is 0 Å². The van der Waals surface area contributed by atoms with Gasteiger partial charge in [-0.15, -0.1) is 0 Å². The Hall–Kier alpha value is 0.